The Kier molecular flexibility index (Phi) is 4.37. The van der Waals surface area contributed by atoms with E-state index in [0.29, 0.717) is 16.3 Å². The molecule has 1 aliphatic rings. The van der Waals surface area contributed by atoms with Crippen LogP contribution in [0.4, 0.5) is 0 Å². The van der Waals surface area contributed by atoms with Gasteiger partial charge in [-0.15, -0.1) is 11.8 Å². The van der Waals surface area contributed by atoms with Gasteiger partial charge in [-0.1, -0.05) is 18.5 Å². The quantitative estimate of drug-likeness (QED) is 0.932. The number of nitrogens with zero attached hydrogens (tertiary/aromatic N) is 1. The Morgan fingerprint density at radius 1 is 1.42 bits per heavy atom. The molecule has 102 valence electrons. The predicted molar refractivity (Wildman–Crippen MR) is 75.6 cm³/mol. The topological polar surface area (TPSA) is 57.6 Å². The van der Waals surface area contributed by atoms with E-state index in [2.05, 4.69) is 0 Å². The Hall–Kier alpha value is -1.20. The molecule has 1 aromatic rings. The summed E-state index contributed by atoms with van der Waals surface area (Å²) in [6.45, 7) is 1.95. The van der Waals surface area contributed by atoms with Gasteiger partial charge in [-0.05, 0) is 30.7 Å². The maximum atomic E-state index is 12.4. The van der Waals surface area contributed by atoms with Crippen LogP contribution in [0.2, 0.25) is 5.02 Å². The van der Waals surface area contributed by atoms with Crippen LogP contribution in [0.5, 0.6) is 0 Å². The molecule has 1 aliphatic heterocycles. The summed E-state index contributed by atoms with van der Waals surface area (Å²) in [6.07, 6.45) is 0.730. The van der Waals surface area contributed by atoms with Crippen LogP contribution in [0.1, 0.15) is 23.7 Å². The van der Waals surface area contributed by atoms with Crippen molar-refractivity contribution in [1.29, 1.82) is 0 Å². The van der Waals surface area contributed by atoms with Gasteiger partial charge in [0.1, 0.15) is 6.04 Å². The zero-order valence-corrected chi connectivity index (χ0v) is 11.9. The first-order valence-electron chi connectivity index (χ1n) is 5.97. The van der Waals surface area contributed by atoms with Gasteiger partial charge >= 0.3 is 5.97 Å². The highest BCUT2D eigenvalue weighted by Gasteiger charge is 2.40. The van der Waals surface area contributed by atoms with E-state index in [0.717, 1.165) is 6.42 Å². The molecule has 1 heterocycles. The molecule has 1 aromatic carbocycles. The number of carbonyl (C=O) groups excluding carboxylic acids is 1. The number of hydrogen-bond acceptors (Lipinski definition) is 3. The van der Waals surface area contributed by atoms with Crippen molar-refractivity contribution >= 4 is 35.2 Å². The van der Waals surface area contributed by atoms with Crippen LogP contribution in [0.3, 0.4) is 0 Å². The third kappa shape index (κ3) is 2.87. The van der Waals surface area contributed by atoms with Crippen molar-refractivity contribution < 1.29 is 14.7 Å². The van der Waals surface area contributed by atoms with Crippen LogP contribution in [-0.2, 0) is 4.79 Å². The average Bonchev–Trinajstić information content (AvgIpc) is 2.82. The standard InChI is InChI=1S/C13H14ClNO3S/c1-2-11-15(10(7-19-11)13(17)18)12(16)8-3-5-9(14)6-4-8/h3-6,10-11H,2,7H2,1H3,(H,17,18). The molecule has 6 heteroatoms. The number of carboxylic acid groups (broad SMARTS) is 1. The van der Waals surface area contributed by atoms with Crippen molar-refractivity contribution in [3.63, 3.8) is 0 Å². The number of carboxylic acids is 1. The minimum absolute atomic E-state index is 0.0794. The maximum Gasteiger partial charge on any atom is 0.327 e. The molecule has 0 bridgehead atoms. The summed E-state index contributed by atoms with van der Waals surface area (Å²) in [4.78, 5) is 25.2. The number of carbonyl (C=O) groups is 2. The minimum Gasteiger partial charge on any atom is -0.480 e. The number of amides is 1. The van der Waals surface area contributed by atoms with E-state index >= 15 is 0 Å². The van der Waals surface area contributed by atoms with E-state index in [1.165, 1.54) is 16.7 Å². The number of rotatable bonds is 3. The second kappa shape index (κ2) is 5.84. The summed E-state index contributed by atoms with van der Waals surface area (Å²) >= 11 is 7.30. The van der Waals surface area contributed by atoms with Crippen molar-refractivity contribution in [1.82, 2.24) is 4.90 Å². The first-order chi connectivity index (χ1) is 9.04. The first-order valence-corrected chi connectivity index (χ1v) is 7.40. The summed E-state index contributed by atoms with van der Waals surface area (Å²) < 4.78 is 0. The fourth-order valence-electron chi connectivity index (χ4n) is 2.08. The van der Waals surface area contributed by atoms with Crippen LogP contribution in [0, 0.1) is 0 Å². The Morgan fingerprint density at radius 2 is 2.05 bits per heavy atom. The minimum atomic E-state index is -0.953. The normalized spacial score (nSPS) is 22.5. The highest BCUT2D eigenvalue weighted by atomic mass is 35.5. The molecule has 2 rings (SSSR count). The monoisotopic (exact) mass is 299 g/mol. The van der Waals surface area contributed by atoms with Gasteiger partial charge in [0.15, 0.2) is 0 Å². The highest BCUT2D eigenvalue weighted by molar-refractivity contribution is 8.00. The fourth-order valence-corrected chi connectivity index (χ4v) is 3.55. The molecular formula is C13H14ClNO3S. The number of hydrogen-bond donors (Lipinski definition) is 1. The molecule has 19 heavy (non-hydrogen) atoms. The summed E-state index contributed by atoms with van der Waals surface area (Å²) in [7, 11) is 0. The first kappa shape index (κ1) is 14.2. The van der Waals surface area contributed by atoms with Crippen molar-refractivity contribution in [2.75, 3.05) is 5.75 Å². The number of halogens is 1. The Morgan fingerprint density at radius 3 is 2.58 bits per heavy atom. The van der Waals surface area contributed by atoms with Crippen molar-refractivity contribution in [2.45, 2.75) is 24.8 Å². The fraction of sp³-hybridized carbons (Fsp3) is 0.385. The van der Waals surface area contributed by atoms with Gasteiger partial charge in [-0.2, -0.15) is 0 Å². The van der Waals surface area contributed by atoms with E-state index in [1.807, 2.05) is 6.92 Å². The van der Waals surface area contributed by atoms with E-state index in [1.54, 1.807) is 24.3 Å². The van der Waals surface area contributed by atoms with E-state index < -0.39 is 12.0 Å². The lowest BCUT2D eigenvalue weighted by Crippen LogP contribution is -2.45. The van der Waals surface area contributed by atoms with Gasteiger partial charge in [0, 0.05) is 16.3 Å². The summed E-state index contributed by atoms with van der Waals surface area (Å²) in [5.41, 5.74) is 0.469. The number of benzene rings is 1. The molecule has 0 saturated carbocycles. The zero-order valence-electron chi connectivity index (χ0n) is 10.4. The largest absolute Gasteiger partial charge is 0.480 e. The van der Waals surface area contributed by atoms with Gasteiger partial charge < -0.3 is 10.0 Å². The second-order valence-corrected chi connectivity index (χ2v) is 5.92. The van der Waals surface area contributed by atoms with E-state index in [4.69, 9.17) is 11.6 Å². The van der Waals surface area contributed by atoms with E-state index in [9.17, 15) is 14.7 Å². The Bertz CT molecular complexity index is 491. The molecule has 1 amide bonds. The third-order valence-corrected chi connectivity index (χ3v) is 4.76. The van der Waals surface area contributed by atoms with Crippen LogP contribution in [-0.4, -0.2) is 39.1 Å². The summed E-state index contributed by atoms with van der Waals surface area (Å²) in [5, 5.41) is 9.68. The maximum absolute atomic E-state index is 12.4. The Labute approximate surface area is 120 Å². The molecular weight excluding hydrogens is 286 g/mol. The molecule has 2 unspecified atom stereocenters. The van der Waals surface area contributed by atoms with Crippen LogP contribution in [0.15, 0.2) is 24.3 Å². The smallest absolute Gasteiger partial charge is 0.327 e. The third-order valence-electron chi connectivity index (χ3n) is 3.05. The molecule has 0 radical (unpaired) electrons. The van der Waals surface area contributed by atoms with Crippen molar-refractivity contribution in [3.05, 3.63) is 34.9 Å². The summed E-state index contributed by atoms with van der Waals surface area (Å²) in [5.74, 6) is -0.764. The molecule has 1 fully saturated rings. The SMILES string of the molecule is CCC1SCC(C(=O)O)N1C(=O)c1ccc(Cl)cc1. The van der Waals surface area contributed by atoms with Crippen LogP contribution >= 0.6 is 23.4 Å². The van der Waals surface area contributed by atoms with Gasteiger partial charge in [0.25, 0.3) is 5.91 Å². The molecule has 0 aliphatic carbocycles. The lowest BCUT2D eigenvalue weighted by Gasteiger charge is -2.26. The molecule has 1 saturated heterocycles. The molecule has 0 aromatic heterocycles. The predicted octanol–water partition coefficient (Wildman–Crippen LogP) is 2.72. The van der Waals surface area contributed by atoms with Crippen LogP contribution < -0.4 is 0 Å². The average molecular weight is 300 g/mol. The Balaban J connectivity index is 2.28. The van der Waals surface area contributed by atoms with Crippen molar-refractivity contribution in [3.8, 4) is 0 Å². The van der Waals surface area contributed by atoms with Crippen LogP contribution in [0.25, 0.3) is 0 Å². The number of aliphatic carboxylic acids is 1. The van der Waals surface area contributed by atoms with Gasteiger partial charge in [-0.3, -0.25) is 4.79 Å². The number of thioether (sulfide) groups is 1. The summed E-state index contributed by atoms with van der Waals surface area (Å²) in [6, 6.07) is 5.76. The second-order valence-electron chi connectivity index (χ2n) is 4.27. The van der Waals surface area contributed by atoms with Gasteiger partial charge in [-0.25, -0.2) is 4.79 Å². The molecule has 4 nitrogen and oxygen atoms in total. The van der Waals surface area contributed by atoms with Crippen molar-refractivity contribution in [2.24, 2.45) is 0 Å². The lowest BCUT2D eigenvalue weighted by molar-refractivity contribution is -0.141. The van der Waals surface area contributed by atoms with Gasteiger partial charge in [0.2, 0.25) is 0 Å². The highest BCUT2D eigenvalue weighted by Crippen LogP contribution is 2.32. The van der Waals surface area contributed by atoms with E-state index in [-0.39, 0.29) is 11.3 Å². The molecule has 1 N–H and O–H groups in total. The molecule has 0 spiro atoms. The molecule has 2 atom stereocenters. The lowest BCUT2D eigenvalue weighted by atomic mass is 10.1. The van der Waals surface area contributed by atoms with Gasteiger partial charge in [0.05, 0.1) is 5.37 Å². The zero-order chi connectivity index (χ0) is 14.0.